The molecule has 0 unspecified atom stereocenters. The third-order valence-electron chi connectivity index (χ3n) is 2.60. The fourth-order valence-corrected chi connectivity index (χ4v) is 2.27. The van der Waals surface area contributed by atoms with Crippen LogP contribution >= 0.6 is 23.7 Å². The topological polar surface area (TPSA) is 49.6 Å². The van der Waals surface area contributed by atoms with Crippen LogP contribution in [-0.2, 0) is 11.2 Å². The Kier molecular flexibility index (Phi) is 5.58. The van der Waals surface area contributed by atoms with Crippen molar-refractivity contribution in [1.82, 2.24) is 19.6 Å². The second kappa shape index (κ2) is 6.72. The zero-order chi connectivity index (χ0) is 12.3. The number of amides is 1. The molecule has 1 amide bonds. The van der Waals surface area contributed by atoms with Crippen LogP contribution in [0.3, 0.4) is 0 Å². The summed E-state index contributed by atoms with van der Waals surface area (Å²) in [5, 5.41) is 5.00. The lowest BCUT2D eigenvalue weighted by atomic mass is 10.3. The summed E-state index contributed by atoms with van der Waals surface area (Å²) in [6.45, 7) is 1.53. The van der Waals surface area contributed by atoms with Crippen molar-refractivity contribution in [3.05, 3.63) is 23.5 Å². The van der Waals surface area contributed by atoms with Crippen LogP contribution in [0.4, 0.5) is 0 Å². The standard InChI is InChI=1S/C11H16N4OS.ClH/c1-12-3-4-14(2)10(16)7-9-8-15-5-6-17-11(15)13-9;/h5-6,8,12H,3-4,7H2,1-2H3;1H. The predicted molar refractivity (Wildman–Crippen MR) is 75.6 cm³/mol. The first-order chi connectivity index (χ1) is 8.20. The lowest BCUT2D eigenvalue weighted by Crippen LogP contribution is -2.33. The van der Waals surface area contributed by atoms with Crippen molar-refractivity contribution in [1.29, 1.82) is 0 Å². The normalized spacial score (nSPS) is 10.3. The Morgan fingerprint density at radius 1 is 1.61 bits per heavy atom. The number of hydrogen-bond donors (Lipinski definition) is 1. The maximum Gasteiger partial charge on any atom is 0.228 e. The first kappa shape index (κ1) is 14.9. The first-order valence-corrected chi connectivity index (χ1v) is 6.38. The Morgan fingerprint density at radius 2 is 2.39 bits per heavy atom. The summed E-state index contributed by atoms with van der Waals surface area (Å²) in [6, 6.07) is 0. The minimum absolute atomic E-state index is 0. The van der Waals surface area contributed by atoms with E-state index < -0.39 is 0 Å². The molecule has 0 aliphatic carbocycles. The van der Waals surface area contributed by atoms with Gasteiger partial charge in [-0.2, -0.15) is 0 Å². The molecule has 0 radical (unpaired) electrons. The monoisotopic (exact) mass is 288 g/mol. The highest BCUT2D eigenvalue weighted by Crippen LogP contribution is 2.12. The van der Waals surface area contributed by atoms with Gasteiger partial charge in [0.2, 0.25) is 5.91 Å². The number of nitrogens with zero attached hydrogens (tertiary/aromatic N) is 3. The van der Waals surface area contributed by atoms with Gasteiger partial charge in [0.05, 0.1) is 12.1 Å². The molecule has 7 heteroatoms. The van der Waals surface area contributed by atoms with Gasteiger partial charge in [-0.05, 0) is 7.05 Å². The number of carbonyl (C=O) groups is 1. The van der Waals surface area contributed by atoms with Gasteiger partial charge in [-0.15, -0.1) is 23.7 Å². The summed E-state index contributed by atoms with van der Waals surface area (Å²) in [5.41, 5.74) is 0.832. The molecule has 0 aromatic carbocycles. The van der Waals surface area contributed by atoms with E-state index in [0.717, 1.165) is 23.7 Å². The van der Waals surface area contributed by atoms with Crippen molar-refractivity contribution in [3.8, 4) is 0 Å². The fourth-order valence-electron chi connectivity index (χ4n) is 1.56. The Morgan fingerprint density at radius 3 is 3.06 bits per heavy atom. The molecule has 1 N–H and O–H groups in total. The van der Waals surface area contributed by atoms with Gasteiger partial charge in [0, 0.05) is 37.9 Å². The smallest absolute Gasteiger partial charge is 0.228 e. The average molecular weight is 289 g/mol. The van der Waals surface area contributed by atoms with Crippen molar-refractivity contribution in [2.75, 3.05) is 27.2 Å². The molecule has 0 saturated carbocycles. The molecule has 2 rings (SSSR count). The van der Waals surface area contributed by atoms with Crippen LogP contribution in [0.2, 0.25) is 0 Å². The van der Waals surface area contributed by atoms with E-state index in [9.17, 15) is 4.79 Å². The number of halogens is 1. The van der Waals surface area contributed by atoms with Gasteiger partial charge in [0.25, 0.3) is 0 Å². The highest BCUT2D eigenvalue weighted by Gasteiger charge is 2.11. The van der Waals surface area contributed by atoms with E-state index in [1.165, 1.54) is 0 Å². The largest absolute Gasteiger partial charge is 0.344 e. The molecular formula is C11H17ClN4OS. The van der Waals surface area contributed by atoms with Gasteiger partial charge in [-0.25, -0.2) is 4.98 Å². The number of carbonyl (C=O) groups excluding carboxylic acids is 1. The molecule has 18 heavy (non-hydrogen) atoms. The van der Waals surface area contributed by atoms with Gasteiger partial charge < -0.3 is 10.2 Å². The molecule has 0 aliphatic heterocycles. The second-order valence-corrected chi connectivity index (χ2v) is 4.79. The maximum atomic E-state index is 11.9. The first-order valence-electron chi connectivity index (χ1n) is 5.50. The van der Waals surface area contributed by atoms with Gasteiger partial charge in [-0.1, -0.05) is 0 Å². The van der Waals surface area contributed by atoms with Crippen LogP contribution in [-0.4, -0.2) is 47.4 Å². The molecule has 0 bridgehead atoms. The molecule has 2 aromatic rings. The summed E-state index contributed by atoms with van der Waals surface area (Å²) in [7, 11) is 3.69. The summed E-state index contributed by atoms with van der Waals surface area (Å²) in [6.07, 6.45) is 4.23. The Balaban J connectivity index is 0.00000162. The molecule has 5 nitrogen and oxygen atoms in total. The van der Waals surface area contributed by atoms with Crippen LogP contribution < -0.4 is 5.32 Å². The molecule has 2 heterocycles. The maximum absolute atomic E-state index is 11.9. The number of fused-ring (bicyclic) bond motifs is 1. The van der Waals surface area contributed by atoms with E-state index in [2.05, 4.69) is 10.3 Å². The zero-order valence-corrected chi connectivity index (χ0v) is 12.1. The quantitative estimate of drug-likeness (QED) is 0.894. The number of nitrogens with one attached hydrogen (secondary N) is 1. The van der Waals surface area contributed by atoms with Crippen LogP contribution in [0.1, 0.15) is 5.69 Å². The molecule has 0 aliphatic rings. The van der Waals surface area contributed by atoms with E-state index in [1.807, 2.05) is 36.3 Å². The summed E-state index contributed by atoms with van der Waals surface area (Å²) in [5.74, 6) is 0.103. The van der Waals surface area contributed by atoms with Crippen LogP contribution in [0.25, 0.3) is 4.96 Å². The number of rotatable bonds is 5. The van der Waals surface area contributed by atoms with E-state index in [1.54, 1.807) is 16.2 Å². The summed E-state index contributed by atoms with van der Waals surface area (Å²) >= 11 is 1.57. The Bertz CT molecular complexity index is 481. The molecule has 0 spiro atoms. The zero-order valence-electron chi connectivity index (χ0n) is 10.4. The molecule has 2 aromatic heterocycles. The lowest BCUT2D eigenvalue weighted by molar-refractivity contribution is -0.129. The summed E-state index contributed by atoms with van der Waals surface area (Å²) < 4.78 is 1.95. The second-order valence-electron chi connectivity index (χ2n) is 3.92. The van der Waals surface area contributed by atoms with Crippen molar-refractivity contribution in [2.45, 2.75) is 6.42 Å². The van der Waals surface area contributed by atoms with Gasteiger partial charge in [0.1, 0.15) is 0 Å². The molecular weight excluding hydrogens is 272 g/mol. The SMILES string of the molecule is CNCCN(C)C(=O)Cc1cn2ccsc2n1.Cl. The van der Waals surface area contributed by atoms with Gasteiger partial charge in [0.15, 0.2) is 4.96 Å². The molecule has 0 atom stereocenters. The van der Waals surface area contributed by atoms with Crippen LogP contribution in [0.15, 0.2) is 17.8 Å². The number of aromatic nitrogens is 2. The van der Waals surface area contributed by atoms with E-state index >= 15 is 0 Å². The van der Waals surface area contributed by atoms with Crippen LogP contribution in [0, 0.1) is 0 Å². The minimum Gasteiger partial charge on any atom is -0.344 e. The molecule has 100 valence electrons. The highest BCUT2D eigenvalue weighted by molar-refractivity contribution is 7.15. The third-order valence-corrected chi connectivity index (χ3v) is 3.37. The number of imidazole rings is 1. The van der Waals surface area contributed by atoms with Crippen molar-refractivity contribution in [2.24, 2.45) is 0 Å². The minimum atomic E-state index is 0. The molecule has 0 saturated heterocycles. The van der Waals surface area contributed by atoms with Crippen molar-refractivity contribution in [3.63, 3.8) is 0 Å². The number of thiazole rings is 1. The van der Waals surface area contributed by atoms with E-state index in [-0.39, 0.29) is 18.3 Å². The number of likely N-dealkylation sites (N-methyl/N-ethyl adjacent to an activating group) is 2. The van der Waals surface area contributed by atoms with E-state index in [0.29, 0.717) is 6.42 Å². The summed E-state index contributed by atoms with van der Waals surface area (Å²) in [4.78, 5) is 18.9. The van der Waals surface area contributed by atoms with E-state index in [4.69, 9.17) is 0 Å². The van der Waals surface area contributed by atoms with Crippen LogP contribution in [0.5, 0.6) is 0 Å². The Hall–Kier alpha value is -1.11. The van der Waals surface area contributed by atoms with Gasteiger partial charge >= 0.3 is 0 Å². The Labute approximate surface area is 116 Å². The third kappa shape index (κ3) is 3.44. The fraction of sp³-hybridized carbons (Fsp3) is 0.455. The number of hydrogen-bond acceptors (Lipinski definition) is 4. The average Bonchev–Trinajstić information content (AvgIpc) is 2.86. The lowest BCUT2D eigenvalue weighted by Gasteiger charge is -2.15. The highest BCUT2D eigenvalue weighted by atomic mass is 35.5. The molecule has 0 fully saturated rings. The van der Waals surface area contributed by atoms with Gasteiger partial charge in [-0.3, -0.25) is 9.20 Å². The van der Waals surface area contributed by atoms with Crippen molar-refractivity contribution >= 4 is 34.6 Å². The van der Waals surface area contributed by atoms with Crippen molar-refractivity contribution < 1.29 is 4.79 Å². The predicted octanol–water partition coefficient (Wildman–Crippen LogP) is 1.04.